The molecular weight excluding hydrogens is 227 g/mol. The van der Waals surface area contributed by atoms with Crippen LogP contribution in [0, 0.1) is 12.7 Å². The number of aryl methyl sites for hydroxylation is 1. The molecule has 17 heavy (non-hydrogen) atoms. The monoisotopic (exact) mass is 243 g/mol. The van der Waals surface area contributed by atoms with Crippen LogP contribution in [0.3, 0.4) is 0 Å². The van der Waals surface area contributed by atoms with Crippen molar-refractivity contribution in [1.29, 1.82) is 0 Å². The van der Waals surface area contributed by atoms with E-state index in [2.05, 4.69) is 0 Å². The van der Waals surface area contributed by atoms with Crippen LogP contribution in [0.15, 0.2) is 12.1 Å². The first-order valence-corrected chi connectivity index (χ1v) is 5.81. The van der Waals surface area contributed by atoms with Gasteiger partial charge in [0.05, 0.1) is 5.56 Å². The minimum absolute atomic E-state index is 0.284. The quantitative estimate of drug-likeness (QED) is 0.840. The van der Waals surface area contributed by atoms with Gasteiger partial charge >= 0.3 is 0 Å². The maximum Gasteiger partial charge on any atom is 0.266 e. The summed E-state index contributed by atoms with van der Waals surface area (Å²) in [5.74, 6) is -0.841. The summed E-state index contributed by atoms with van der Waals surface area (Å²) in [6.07, 6.45) is 0.822. The van der Waals surface area contributed by atoms with E-state index in [-0.39, 0.29) is 5.56 Å². The molecule has 1 aliphatic rings. The highest BCUT2D eigenvalue weighted by molar-refractivity contribution is 5.37. The first kappa shape index (κ1) is 12.4. The summed E-state index contributed by atoms with van der Waals surface area (Å²) < 4.78 is 38.9. The van der Waals surface area contributed by atoms with Gasteiger partial charge in [-0.2, -0.15) is 0 Å². The molecule has 0 aromatic heterocycles. The van der Waals surface area contributed by atoms with Crippen molar-refractivity contribution in [1.82, 2.24) is 0 Å². The summed E-state index contributed by atoms with van der Waals surface area (Å²) in [5, 5.41) is 0. The SMILES string of the molecule is Cc1cc(C2(N)CCCC2)cc(F)c1C(F)F. The molecule has 1 fully saturated rings. The van der Waals surface area contributed by atoms with Gasteiger partial charge in [-0.25, -0.2) is 13.2 Å². The van der Waals surface area contributed by atoms with Crippen LogP contribution < -0.4 is 5.73 Å². The molecule has 0 unspecified atom stereocenters. The van der Waals surface area contributed by atoms with Gasteiger partial charge in [0.1, 0.15) is 5.82 Å². The highest BCUT2D eigenvalue weighted by Crippen LogP contribution is 2.38. The van der Waals surface area contributed by atoms with E-state index in [1.54, 1.807) is 6.07 Å². The van der Waals surface area contributed by atoms with Gasteiger partial charge < -0.3 is 5.73 Å². The van der Waals surface area contributed by atoms with E-state index in [9.17, 15) is 13.2 Å². The molecule has 0 amide bonds. The summed E-state index contributed by atoms with van der Waals surface area (Å²) >= 11 is 0. The zero-order valence-electron chi connectivity index (χ0n) is 9.77. The summed E-state index contributed by atoms with van der Waals surface area (Å²) in [6, 6.07) is 2.79. The molecule has 2 rings (SSSR count). The average molecular weight is 243 g/mol. The first-order valence-electron chi connectivity index (χ1n) is 5.81. The number of benzene rings is 1. The Bertz CT molecular complexity index is 400. The van der Waals surface area contributed by atoms with Crippen molar-refractivity contribution in [2.45, 2.75) is 44.6 Å². The van der Waals surface area contributed by atoms with Gasteiger partial charge in [-0.15, -0.1) is 0 Å². The van der Waals surface area contributed by atoms with Crippen molar-refractivity contribution in [3.8, 4) is 0 Å². The fourth-order valence-corrected chi connectivity index (χ4v) is 2.61. The summed E-state index contributed by atoms with van der Waals surface area (Å²) in [5.41, 5.74) is 6.08. The molecule has 1 saturated carbocycles. The molecule has 0 aliphatic heterocycles. The summed E-state index contributed by atoms with van der Waals surface area (Å²) in [4.78, 5) is 0. The molecule has 0 saturated heterocycles. The third kappa shape index (κ3) is 2.18. The number of nitrogens with two attached hydrogens (primary N) is 1. The highest BCUT2D eigenvalue weighted by atomic mass is 19.3. The standard InChI is InChI=1S/C13H16F3N/c1-8-6-9(13(17)4-2-3-5-13)7-10(14)11(8)12(15)16/h6-7,12H,2-5,17H2,1H3. The van der Waals surface area contributed by atoms with Crippen LogP contribution in [0.5, 0.6) is 0 Å². The Balaban J connectivity index is 2.45. The predicted octanol–water partition coefficient (Wildman–Crippen LogP) is 3.80. The van der Waals surface area contributed by atoms with E-state index in [0.717, 1.165) is 25.7 Å². The Morgan fingerprint density at radius 3 is 2.29 bits per heavy atom. The van der Waals surface area contributed by atoms with E-state index >= 15 is 0 Å². The van der Waals surface area contributed by atoms with Crippen LogP contribution in [0.4, 0.5) is 13.2 Å². The van der Waals surface area contributed by atoms with E-state index in [0.29, 0.717) is 5.56 Å². The fourth-order valence-electron chi connectivity index (χ4n) is 2.61. The fraction of sp³-hybridized carbons (Fsp3) is 0.538. The molecule has 2 N–H and O–H groups in total. The molecule has 4 heteroatoms. The first-order chi connectivity index (χ1) is 7.94. The van der Waals surface area contributed by atoms with Crippen molar-refractivity contribution in [3.05, 3.63) is 34.6 Å². The normalized spacial score (nSPS) is 18.9. The lowest BCUT2D eigenvalue weighted by atomic mass is 9.87. The second kappa shape index (κ2) is 4.33. The lowest BCUT2D eigenvalue weighted by Crippen LogP contribution is -2.33. The average Bonchev–Trinajstić information content (AvgIpc) is 2.64. The van der Waals surface area contributed by atoms with Crippen LogP contribution in [-0.4, -0.2) is 0 Å². The number of halogens is 3. The Morgan fingerprint density at radius 2 is 1.82 bits per heavy atom. The molecule has 0 atom stereocenters. The van der Waals surface area contributed by atoms with Gasteiger partial charge in [0.15, 0.2) is 0 Å². The molecular formula is C13H16F3N. The Labute approximate surface area is 98.8 Å². The van der Waals surface area contributed by atoms with Crippen LogP contribution in [-0.2, 0) is 5.54 Å². The molecule has 0 heterocycles. The van der Waals surface area contributed by atoms with E-state index in [4.69, 9.17) is 5.73 Å². The minimum Gasteiger partial charge on any atom is -0.321 e. The van der Waals surface area contributed by atoms with Gasteiger partial charge in [0, 0.05) is 5.54 Å². The zero-order valence-corrected chi connectivity index (χ0v) is 9.77. The van der Waals surface area contributed by atoms with Crippen molar-refractivity contribution in [3.63, 3.8) is 0 Å². The molecule has 0 radical (unpaired) electrons. The molecule has 1 nitrogen and oxygen atoms in total. The predicted molar refractivity (Wildman–Crippen MR) is 60.4 cm³/mol. The van der Waals surface area contributed by atoms with Crippen molar-refractivity contribution < 1.29 is 13.2 Å². The minimum atomic E-state index is -2.78. The number of alkyl halides is 2. The third-order valence-corrected chi connectivity index (χ3v) is 3.63. The van der Waals surface area contributed by atoms with E-state index < -0.39 is 23.3 Å². The zero-order chi connectivity index (χ0) is 12.6. The molecule has 1 aromatic carbocycles. The lowest BCUT2D eigenvalue weighted by molar-refractivity contribution is 0.145. The second-order valence-electron chi connectivity index (χ2n) is 4.85. The topological polar surface area (TPSA) is 26.0 Å². The summed E-state index contributed by atoms with van der Waals surface area (Å²) in [6.45, 7) is 1.51. The highest BCUT2D eigenvalue weighted by Gasteiger charge is 2.32. The number of rotatable bonds is 2. The molecule has 94 valence electrons. The van der Waals surface area contributed by atoms with Crippen LogP contribution in [0.25, 0.3) is 0 Å². The van der Waals surface area contributed by atoms with Gasteiger partial charge in [0.2, 0.25) is 0 Å². The lowest BCUT2D eigenvalue weighted by Gasteiger charge is -2.25. The van der Waals surface area contributed by atoms with E-state index in [1.165, 1.54) is 13.0 Å². The molecule has 1 aliphatic carbocycles. The van der Waals surface area contributed by atoms with Gasteiger partial charge in [-0.1, -0.05) is 18.9 Å². The second-order valence-corrected chi connectivity index (χ2v) is 4.85. The Hall–Kier alpha value is -1.03. The molecule has 0 spiro atoms. The summed E-state index contributed by atoms with van der Waals surface area (Å²) in [7, 11) is 0. The van der Waals surface area contributed by atoms with Gasteiger partial charge in [0.25, 0.3) is 6.43 Å². The van der Waals surface area contributed by atoms with Crippen molar-refractivity contribution in [2.24, 2.45) is 5.73 Å². The maximum absolute atomic E-state index is 13.6. The number of hydrogen-bond donors (Lipinski definition) is 1. The van der Waals surface area contributed by atoms with Crippen molar-refractivity contribution >= 4 is 0 Å². The van der Waals surface area contributed by atoms with E-state index in [1.807, 2.05) is 0 Å². The maximum atomic E-state index is 13.6. The molecule has 0 bridgehead atoms. The largest absolute Gasteiger partial charge is 0.321 e. The van der Waals surface area contributed by atoms with Crippen molar-refractivity contribution in [2.75, 3.05) is 0 Å². The molecule has 1 aromatic rings. The van der Waals surface area contributed by atoms with Gasteiger partial charge in [-0.3, -0.25) is 0 Å². The van der Waals surface area contributed by atoms with Gasteiger partial charge in [-0.05, 0) is 37.0 Å². The van der Waals surface area contributed by atoms with Crippen LogP contribution in [0.2, 0.25) is 0 Å². The third-order valence-electron chi connectivity index (χ3n) is 3.63. The van der Waals surface area contributed by atoms with Crippen LogP contribution in [0.1, 0.15) is 48.8 Å². The Kier molecular flexibility index (Phi) is 3.17. The Morgan fingerprint density at radius 1 is 1.24 bits per heavy atom. The van der Waals surface area contributed by atoms with Crippen LogP contribution >= 0.6 is 0 Å². The smallest absolute Gasteiger partial charge is 0.266 e. The number of hydrogen-bond acceptors (Lipinski definition) is 1.